The fourth-order valence-corrected chi connectivity index (χ4v) is 3.50. The first-order valence-electron chi connectivity index (χ1n) is 6.73. The molecule has 18 heavy (non-hydrogen) atoms. The Morgan fingerprint density at radius 3 is 2.61 bits per heavy atom. The lowest BCUT2D eigenvalue weighted by Gasteiger charge is -2.43. The van der Waals surface area contributed by atoms with Gasteiger partial charge in [0.25, 0.3) is 0 Å². The van der Waals surface area contributed by atoms with Gasteiger partial charge in [0.1, 0.15) is 0 Å². The fraction of sp³-hybridized carbons (Fsp3) is 0.562. The maximum Gasteiger partial charge on any atom is 0.309 e. The van der Waals surface area contributed by atoms with Gasteiger partial charge in [-0.1, -0.05) is 50.6 Å². The Labute approximate surface area is 109 Å². The Balaban J connectivity index is 2.41. The Hall–Kier alpha value is -1.31. The Morgan fingerprint density at radius 2 is 2.00 bits per heavy atom. The highest BCUT2D eigenvalue weighted by Gasteiger charge is 2.46. The van der Waals surface area contributed by atoms with Crippen LogP contribution in [0.2, 0.25) is 0 Å². The van der Waals surface area contributed by atoms with Crippen LogP contribution < -0.4 is 0 Å². The molecule has 98 valence electrons. The second kappa shape index (κ2) is 5.13. The Bertz CT molecular complexity index is 412. The van der Waals surface area contributed by atoms with Gasteiger partial charge in [0.2, 0.25) is 0 Å². The predicted octanol–water partition coefficient (Wildman–Crippen LogP) is 3.55. The van der Waals surface area contributed by atoms with E-state index in [1.807, 2.05) is 18.2 Å². The van der Waals surface area contributed by atoms with E-state index in [1.54, 1.807) is 0 Å². The lowest BCUT2D eigenvalue weighted by atomic mass is 9.60. The average Bonchev–Trinajstić information content (AvgIpc) is 2.39. The molecule has 0 radical (unpaired) electrons. The van der Waals surface area contributed by atoms with Crippen LogP contribution in [0.15, 0.2) is 30.3 Å². The van der Waals surface area contributed by atoms with E-state index >= 15 is 0 Å². The van der Waals surface area contributed by atoms with E-state index in [-0.39, 0.29) is 17.3 Å². The molecule has 0 heterocycles. The summed E-state index contributed by atoms with van der Waals surface area (Å²) in [5.41, 5.74) is 1.17. The molecule has 3 atom stereocenters. The van der Waals surface area contributed by atoms with Crippen molar-refractivity contribution in [2.45, 2.75) is 38.5 Å². The number of methoxy groups -OCH3 is 1. The lowest BCUT2D eigenvalue weighted by Crippen LogP contribution is -2.44. The molecule has 0 saturated heterocycles. The minimum atomic E-state index is -0.0912. The number of ether oxygens (including phenoxy) is 1. The molecule has 3 unspecified atom stereocenters. The monoisotopic (exact) mass is 246 g/mol. The largest absolute Gasteiger partial charge is 0.469 e. The van der Waals surface area contributed by atoms with Crippen molar-refractivity contribution in [1.29, 1.82) is 0 Å². The number of carbonyl (C=O) groups is 1. The summed E-state index contributed by atoms with van der Waals surface area (Å²) in [4.78, 5) is 12.1. The van der Waals surface area contributed by atoms with Gasteiger partial charge >= 0.3 is 5.97 Å². The molecule has 1 saturated carbocycles. The number of hydrogen-bond acceptors (Lipinski definition) is 2. The van der Waals surface area contributed by atoms with Crippen LogP contribution in [0.4, 0.5) is 0 Å². The molecule has 1 aliphatic rings. The highest BCUT2D eigenvalue weighted by molar-refractivity contribution is 5.75. The van der Waals surface area contributed by atoms with Crippen molar-refractivity contribution in [3.8, 4) is 0 Å². The summed E-state index contributed by atoms with van der Waals surface area (Å²) in [7, 11) is 1.50. The zero-order chi connectivity index (χ0) is 13.2. The number of esters is 1. The van der Waals surface area contributed by atoms with Crippen LogP contribution in [0.3, 0.4) is 0 Å². The van der Waals surface area contributed by atoms with E-state index in [4.69, 9.17) is 4.74 Å². The maximum atomic E-state index is 12.1. The molecule has 1 aromatic rings. The van der Waals surface area contributed by atoms with Crippen molar-refractivity contribution in [2.24, 2.45) is 11.8 Å². The molecule has 0 aromatic heterocycles. The normalized spacial score (nSPS) is 31.9. The Kier molecular flexibility index (Phi) is 3.74. The molecular weight excluding hydrogens is 224 g/mol. The molecule has 0 amide bonds. The van der Waals surface area contributed by atoms with Gasteiger partial charge in [0.15, 0.2) is 0 Å². The van der Waals surface area contributed by atoms with Gasteiger partial charge in [-0.3, -0.25) is 4.79 Å². The number of hydrogen-bond donors (Lipinski definition) is 0. The van der Waals surface area contributed by atoms with Crippen LogP contribution in [0.25, 0.3) is 0 Å². The van der Waals surface area contributed by atoms with E-state index in [1.165, 1.54) is 19.1 Å². The number of benzene rings is 1. The van der Waals surface area contributed by atoms with E-state index in [9.17, 15) is 4.79 Å². The smallest absolute Gasteiger partial charge is 0.309 e. The molecular formula is C16H22O2. The summed E-state index contributed by atoms with van der Waals surface area (Å²) in [5, 5.41) is 0. The van der Waals surface area contributed by atoms with Crippen molar-refractivity contribution in [1.82, 2.24) is 0 Å². The second-order valence-electron chi connectivity index (χ2n) is 5.65. The van der Waals surface area contributed by atoms with Gasteiger partial charge in [-0.2, -0.15) is 0 Å². The van der Waals surface area contributed by atoms with Crippen LogP contribution in [0, 0.1) is 11.8 Å². The zero-order valence-electron chi connectivity index (χ0n) is 11.5. The van der Waals surface area contributed by atoms with Crippen LogP contribution in [0.1, 0.15) is 38.7 Å². The third-order valence-electron chi connectivity index (χ3n) is 4.50. The number of rotatable bonds is 2. The quantitative estimate of drug-likeness (QED) is 0.746. The molecule has 1 aliphatic carbocycles. The third kappa shape index (κ3) is 2.16. The van der Waals surface area contributed by atoms with Gasteiger partial charge in [-0.25, -0.2) is 0 Å². The first-order chi connectivity index (χ1) is 8.59. The molecule has 2 nitrogen and oxygen atoms in total. The van der Waals surface area contributed by atoms with Crippen molar-refractivity contribution in [3.05, 3.63) is 35.9 Å². The van der Waals surface area contributed by atoms with Crippen LogP contribution in [-0.2, 0) is 14.9 Å². The van der Waals surface area contributed by atoms with Gasteiger partial charge in [-0.05, 0) is 24.3 Å². The van der Waals surface area contributed by atoms with Crippen LogP contribution >= 0.6 is 0 Å². The van der Waals surface area contributed by atoms with E-state index in [2.05, 4.69) is 26.0 Å². The van der Waals surface area contributed by atoms with Crippen LogP contribution in [-0.4, -0.2) is 13.1 Å². The topological polar surface area (TPSA) is 26.3 Å². The van der Waals surface area contributed by atoms with Crippen molar-refractivity contribution < 1.29 is 9.53 Å². The number of carbonyl (C=O) groups excluding carboxylic acids is 1. The second-order valence-corrected chi connectivity index (χ2v) is 5.65. The standard InChI is InChI=1S/C16H22O2/c1-12-8-7-11-16(2,14(12)15(17)18-3)13-9-5-4-6-10-13/h4-6,9-10,12,14H,7-8,11H2,1-3H3. The van der Waals surface area contributed by atoms with E-state index in [0.29, 0.717) is 5.92 Å². The van der Waals surface area contributed by atoms with Crippen molar-refractivity contribution >= 4 is 5.97 Å². The SMILES string of the molecule is COC(=O)C1C(C)CCCC1(C)c1ccccc1. The van der Waals surface area contributed by atoms with Crippen molar-refractivity contribution in [2.75, 3.05) is 7.11 Å². The maximum absolute atomic E-state index is 12.1. The first-order valence-corrected chi connectivity index (χ1v) is 6.73. The lowest BCUT2D eigenvalue weighted by molar-refractivity contribution is -0.151. The molecule has 2 heteroatoms. The van der Waals surface area contributed by atoms with Gasteiger partial charge < -0.3 is 4.74 Å². The minimum Gasteiger partial charge on any atom is -0.469 e. The fourth-order valence-electron chi connectivity index (χ4n) is 3.50. The predicted molar refractivity (Wildman–Crippen MR) is 72.3 cm³/mol. The molecule has 1 fully saturated rings. The van der Waals surface area contributed by atoms with Gasteiger partial charge in [0, 0.05) is 5.41 Å². The van der Waals surface area contributed by atoms with Gasteiger partial charge in [-0.15, -0.1) is 0 Å². The molecule has 2 rings (SSSR count). The summed E-state index contributed by atoms with van der Waals surface area (Å²) in [5.74, 6) is 0.295. The third-order valence-corrected chi connectivity index (χ3v) is 4.50. The molecule has 0 spiro atoms. The summed E-state index contributed by atoms with van der Waals surface area (Å²) in [6.07, 6.45) is 3.35. The molecule has 0 bridgehead atoms. The zero-order valence-corrected chi connectivity index (χ0v) is 11.5. The van der Waals surface area contributed by atoms with Crippen molar-refractivity contribution in [3.63, 3.8) is 0 Å². The minimum absolute atomic E-state index is 0.0290. The highest BCUT2D eigenvalue weighted by atomic mass is 16.5. The first kappa shape index (κ1) is 13.1. The average molecular weight is 246 g/mol. The van der Waals surface area contributed by atoms with Gasteiger partial charge in [0.05, 0.1) is 13.0 Å². The molecule has 0 aliphatic heterocycles. The summed E-state index contributed by atoms with van der Waals surface area (Å²) < 4.78 is 5.04. The highest BCUT2D eigenvalue weighted by Crippen LogP contribution is 2.46. The van der Waals surface area contributed by atoms with Crippen LogP contribution in [0.5, 0.6) is 0 Å². The van der Waals surface area contributed by atoms with E-state index in [0.717, 1.165) is 12.8 Å². The molecule has 1 aromatic carbocycles. The summed E-state index contributed by atoms with van der Waals surface area (Å²) in [6, 6.07) is 10.4. The summed E-state index contributed by atoms with van der Waals surface area (Å²) >= 11 is 0. The summed E-state index contributed by atoms with van der Waals surface area (Å²) in [6.45, 7) is 4.38. The Morgan fingerprint density at radius 1 is 1.33 bits per heavy atom. The van der Waals surface area contributed by atoms with E-state index < -0.39 is 0 Å². The molecule has 0 N–H and O–H groups in total.